The number of urea groups is 1. The topological polar surface area (TPSA) is 119 Å². The van der Waals surface area contributed by atoms with Crippen molar-refractivity contribution >= 4 is 11.7 Å². The minimum Gasteiger partial charge on any atom is -0.399 e. The molecule has 8 nitrogen and oxygen atoms in total. The Morgan fingerprint density at radius 3 is 2.02 bits per heavy atom. The molecule has 1 saturated heterocycles. The number of carbonyl (C=O) groups is 1. The zero-order valence-corrected chi connectivity index (χ0v) is 23.0. The van der Waals surface area contributed by atoms with Gasteiger partial charge in [0.15, 0.2) is 0 Å². The van der Waals surface area contributed by atoms with Gasteiger partial charge in [-0.2, -0.15) is 5.10 Å². The SMILES string of the molecule is Nc1cccc(CN2C(=O)N(C[C@H]3C[C@H]3c3cn[nH]c3)[C@H](Cc3ccccc3)[C@H](O)[C@@H](O)[C@H]2Cc2ccccc2)c1. The number of nitrogen functional groups attached to an aromatic ring is 1. The van der Waals surface area contributed by atoms with E-state index in [0.717, 1.165) is 28.7 Å². The Hall–Kier alpha value is -4.14. The van der Waals surface area contributed by atoms with E-state index >= 15 is 0 Å². The molecule has 0 spiro atoms. The van der Waals surface area contributed by atoms with Crippen molar-refractivity contribution in [3.63, 3.8) is 0 Å². The number of nitrogens with zero attached hydrogens (tertiary/aromatic N) is 3. The highest BCUT2D eigenvalue weighted by Crippen LogP contribution is 2.48. The molecule has 0 unspecified atom stereocenters. The van der Waals surface area contributed by atoms with Gasteiger partial charge >= 0.3 is 6.03 Å². The molecule has 6 rings (SSSR count). The van der Waals surface area contributed by atoms with Crippen molar-refractivity contribution in [2.45, 2.75) is 56.0 Å². The lowest BCUT2D eigenvalue weighted by molar-refractivity contribution is -0.0405. The predicted octanol–water partition coefficient (Wildman–Crippen LogP) is 3.98. The van der Waals surface area contributed by atoms with Crippen LogP contribution in [0.3, 0.4) is 0 Å². The van der Waals surface area contributed by atoms with Crippen LogP contribution in [0, 0.1) is 5.92 Å². The van der Waals surface area contributed by atoms with Crippen molar-refractivity contribution in [2.75, 3.05) is 12.3 Å². The van der Waals surface area contributed by atoms with Crippen LogP contribution < -0.4 is 5.73 Å². The highest BCUT2D eigenvalue weighted by molar-refractivity contribution is 5.76. The Labute approximate surface area is 240 Å². The summed E-state index contributed by atoms with van der Waals surface area (Å²) in [6.07, 6.45) is 3.28. The van der Waals surface area contributed by atoms with Gasteiger partial charge in [0.25, 0.3) is 0 Å². The molecule has 2 amide bonds. The van der Waals surface area contributed by atoms with Crippen LogP contribution in [0.2, 0.25) is 0 Å². The van der Waals surface area contributed by atoms with Crippen molar-refractivity contribution in [2.24, 2.45) is 5.92 Å². The summed E-state index contributed by atoms with van der Waals surface area (Å²) in [6.45, 7) is 0.761. The summed E-state index contributed by atoms with van der Waals surface area (Å²) in [5.41, 5.74) is 10.7. The fourth-order valence-electron chi connectivity index (χ4n) is 6.31. The summed E-state index contributed by atoms with van der Waals surface area (Å²) in [5, 5.41) is 30.6. The molecule has 212 valence electrons. The van der Waals surface area contributed by atoms with Gasteiger partial charge in [0.1, 0.15) is 12.2 Å². The molecule has 1 saturated carbocycles. The summed E-state index contributed by atoms with van der Waals surface area (Å²) >= 11 is 0. The number of amides is 2. The third kappa shape index (κ3) is 5.99. The maximum absolute atomic E-state index is 14.7. The van der Waals surface area contributed by atoms with Crippen LogP contribution in [0.25, 0.3) is 0 Å². The quantitative estimate of drug-likeness (QED) is 0.235. The zero-order chi connectivity index (χ0) is 28.3. The van der Waals surface area contributed by atoms with E-state index in [-0.39, 0.29) is 18.5 Å². The molecule has 2 fully saturated rings. The Balaban J connectivity index is 1.38. The Morgan fingerprint density at radius 1 is 0.829 bits per heavy atom. The van der Waals surface area contributed by atoms with Crippen molar-refractivity contribution in [1.29, 1.82) is 0 Å². The number of H-pyrrole nitrogens is 1. The summed E-state index contributed by atoms with van der Waals surface area (Å²) in [4.78, 5) is 18.2. The van der Waals surface area contributed by atoms with E-state index in [1.54, 1.807) is 4.90 Å². The van der Waals surface area contributed by atoms with Gasteiger partial charge in [-0.15, -0.1) is 0 Å². The minimum absolute atomic E-state index is 0.178. The number of rotatable bonds is 9. The molecule has 2 aliphatic rings. The molecular weight excluding hydrogens is 514 g/mol. The van der Waals surface area contributed by atoms with Crippen LogP contribution in [-0.4, -0.2) is 67.1 Å². The first-order valence-corrected chi connectivity index (χ1v) is 14.3. The van der Waals surface area contributed by atoms with Gasteiger partial charge in [-0.05, 0) is 65.5 Å². The monoisotopic (exact) mass is 551 g/mol. The van der Waals surface area contributed by atoms with Gasteiger partial charge in [0.2, 0.25) is 0 Å². The molecule has 5 N–H and O–H groups in total. The lowest BCUT2D eigenvalue weighted by Gasteiger charge is -2.36. The second kappa shape index (κ2) is 11.8. The molecule has 6 atom stereocenters. The summed E-state index contributed by atoms with van der Waals surface area (Å²) in [6, 6.07) is 25.8. The molecule has 0 bridgehead atoms. The lowest BCUT2D eigenvalue weighted by Crippen LogP contribution is -2.51. The third-order valence-electron chi connectivity index (χ3n) is 8.61. The zero-order valence-electron chi connectivity index (χ0n) is 23.0. The number of anilines is 1. The second-order valence-corrected chi connectivity index (χ2v) is 11.4. The molecule has 2 heterocycles. The fourth-order valence-corrected chi connectivity index (χ4v) is 6.31. The molecule has 41 heavy (non-hydrogen) atoms. The number of carbonyl (C=O) groups excluding carboxylic acids is 1. The number of aromatic nitrogens is 2. The van der Waals surface area contributed by atoms with Crippen molar-refractivity contribution < 1.29 is 15.0 Å². The van der Waals surface area contributed by atoms with Gasteiger partial charge in [-0.25, -0.2) is 4.79 Å². The number of nitrogens with one attached hydrogen (secondary N) is 1. The lowest BCUT2D eigenvalue weighted by atomic mass is 9.91. The fraction of sp³-hybridized carbons (Fsp3) is 0.333. The van der Waals surface area contributed by atoms with E-state index < -0.39 is 24.3 Å². The maximum atomic E-state index is 14.7. The van der Waals surface area contributed by atoms with Crippen molar-refractivity contribution in [3.8, 4) is 0 Å². The number of hydrogen-bond donors (Lipinski definition) is 4. The van der Waals surface area contributed by atoms with Gasteiger partial charge in [0.05, 0.1) is 18.3 Å². The normalized spacial score (nSPS) is 26.1. The number of hydrogen-bond acceptors (Lipinski definition) is 5. The molecule has 1 aliphatic carbocycles. The molecule has 1 aromatic heterocycles. The highest BCUT2D eigenvalue weighted by atomic mass is 16.3. The number of nitrogens with two attached hydrogens (primary N) is 1. The van der Waals surface area contributed by atoms with Gasteiger partial charge < -0.3 is 25.7 Å². The molecule has 3 aromatic carbocycles. The average molecular weight is 552 g/mol. The first-order chi connectivity index (χ1) is 20.0. The summed E-state index contributed by atoms with van der Waals surface area (Å²) < 4.78 is 0. The first-order valence-electron chi connectivity index (χ1n) is 14.3. The average Bonchev–Trinajstić information content (AvgIpc) is 3.55. The summed E-state index contributed by atoms with van der Waals surface area (Å²) in [7, 11) is 0. The van der Waals surface area contributed by atoms with Crippen molar-refractivity contribution in [3.05, 3.63) is 120 Å². The van der Waals surface area contributed by atoms with E-state index in [0.29, 0.717) is 31.0 Å². The molecule has 4 aromatic rings. The number of aromatic amines is 1. The number of benzene rings is 3. The van der Waals surface area contributed by atoms with E-state index in [1.807, 2.05) is 102 Å². The van der Waals surface area contributed by atoms with E-state index in [2.05, 4.69) is 10.2 Å². The van der Waals surface area contributed by atoms with Crippen LogP contribution >= 0.6 is 0 Å². The highest BCUT2D eigenvalue weighted by Gasteiger charge is 2.49. The van der Waals surface area contributed by atoms with Crippen LogP contribution in [0.1, 0.15) is 34.6 Å². The standard InChI is InChI=1S/C33H37N5O3/c34-27-13-7-12-24(14-27)20-37-29(15-22-8-3-1-4-9-22)31(39)32(40)30(16-23-10-5-2-6-11-23)38(33(37)41)21-25-17-28(25)26-18-35-36-19-26/h1-14,18-19,25,28-32,39-40H,15-17,20-21,34H2,(H,35,36)/t25-,28-,29-,30-,31+,32+/m1/s1. The van der Waals surface area contributed by atoms with Crippen LogP contribution in [-0.2, 0) is 19.4 Å². The third-order valence-corrected chi connectivity index (χ3v) is 8.61. The largest absolute Gasteiger partial charge is 0.399 e. The van der Waals surface area contributed by atoms with E-state index in [9.17, 15) is 15.0 Å². The first kappa shape index (κ1) is 27.1. The minimum atomic E-state index is -1.15. The second-order valence-electron chi connectivity index (χ2n) is 11.4. The van der Waals surface area contributed by atoms with Crippen LogP contribution in [0.15, 0.2) is 97.3 Å². The number of aliphatic hydroxyl groups is 2. The molecule has 1 aliphatic heterocycles. The van der Waals surface area contributed by atoms with Gasteiger partial charge in [-0.1, -0.05) is 72.8 Å². The van der Waals surface area contributed by atoms with Gasteiger partial charge in [-0.3, -0.25) is 5.10 Å². The Bertz CT molecular complexity index is 1430. The summed E-state index contributed by atoms with van der Waals surface area (Å²) in [5.74, 6) is 0.561. The van der Waals surface area contributed by atoms with E-state index in [1.165, 1.54) is 0 Å². The molecule has 8 heteroatoms. The van der Waals surface area contributed by atoms with Crippen LogP contribution in [0.5, 0.6) is 0 Å². The maximum Gasteiger partial charge on any atom is 0.321 e. The van der Waals surface area contributed by atoms with E-state index in [4.69, 9.17) is 5.73 Å². The predicted molar refractivity (Wildman–Crippen MR) is 158 cm³/mol. The van der Waals surface area contributed by atoms with Gasteiger partial charge in [0, 0.05) is 25.0 Å². The molecule has 0 radical (unpaired) electrons. The van der Waals surface area contributed by atoms with Crippen LogP contribution in [0.4, 0.5) is 10.5 Å². The Morgan fingerprint density at radius 2 is 1.44 bits per heavy atom. The Kier molecular flexibility index (Phi) is 7.76. The number of aliphatic hydroxyl groups excluding tert-OH is 2. The van der Waals surface area contributed by atoms with Crippen molar-refractivity contribution in [1.82, 2.24) is 20.0 Å². The molecular formula is C33H37N5O3. The smallest absolute Gasteiger partial charge is 0.321 e.